The van der Waals surface area contributed by atoms with Crippen molar-refractivity contribution in [3.63, 3.8) is 0 Å². The number of esters is 1. The van der Waals surface area contributed by atoms with Crippen molar-refractivity contribution in [3.05, 3.63) is 0 Å². The highest BCUT2D eigenvalue weighted by Gasteiger charge is 2.10. The molecule has 1 aliphatic rings. The van der Waals surface area contributed by atoms with Gasteiger partial charge < -0.3 is 19.9 Å². The topological polar surface area (TPSA) is 71.0 Å². The predicted molar refractivity (Wildman–Crippen MR) is 67.4 cm³/mol. The minimum atomic E-state index is -0.492. The molecule has 0 saturated carbocycles. The van der Waals surface area contributed by atoms with Crippen LogP contribution in [0.15, 0.2) is 0 Å². The number of morpholine rings is 1. The van der Waals surface area contributed by atoms with Gasteiger partial charge in [0, 0.05) is 39.1 Å². The molecule has 106 valence electrons. The van der Waals surface area contributed by atoms with Crippen LogP contribution < -0.4 is 5.32 Å². The number of aliphatic hydroxyl groups is 1. The molecule has 0 aromatic carbocycles. The average molecular weight is 260 g/mol. The predicted octanol–water partition coefficient (Wildman–Crippen LogP) is -0.778. The van der Waals surface area contributed by atoms with Crippen LogP contribution in [0.1, 0.15) is 12.8 Å². The van der Waals surface area contributed by atoms with E-state index in [0.29, 0.717) is 13.0 Å². The summed E-state index contributed by atoms with van der Waals surface area (Å²) >= 11 is 0. The lowest BCUT2D eigenvalue weighted by molar-refractivity contribution is -0.141. The molecule has 1 fully saturated rings. The molecule has 0 spiro atoms. The Bertz CT molecular complexity index is 232. The molecule has 0 bridgehead atoms. The molecule has 1 atom stereocenters. The zero-order valence-corrected chi connectivity index (χ0v) is 11.1. The molecule has 0 amide bonds. The average Bonchev–Trinajstić information content (AvgIpc) is 2.42. The Hall–Kier alpha value is -0.690. The first-order chi connectivity index (χ1) is 8.72. The van der Waals surface area contributed by atoms with Crippen LogP contribution in [0.4, 0.5) is 0 Å². The first kappa shape index (κ1) is 15.4. The van der Waals surface area contributed by atoms with E-state index < -0.39 is 6.10 Å². The molecule has 1 saturated heterocycles. The third-order valence-electron chi connectivity index (χ3n) is 3.00. The van der Waals surface area contributed by atoms with Crippen molar-refractivity contribution in [2.24, 2.45) is 0 Å². The number of hydrogen-bond donors (Lipinski definition) is 2. The number of ether oxygens (including phenoxy) is 2. The third-order valence-corrected chi connectivity index (χ3v) is 3.00. The van der Waals surface area contributed by atoms with E-state index in [1.54, 1.807) is 0 Å². The number of hydrogen-bond acceptors (Lipinski definition) is 6. The quantitative estimate of drug-likeness (QED) is 0.441. The molecule has 18 heavy (non-hydrogen) atoms. The molecule has 6 nitrogen and oxygen atoms in total. The Balaban J connectivity index is 1.94. The summed E-state index contributed by atoms with van der Waals surface area (Å²) in [5, 5.41) is 12.8. The van der Waals surface area contributed by atoms with E-state index in [2.05, 4.69) is 15.0 Å². The Morgan fingerprint density at radius 2 is 2.22 bits per heavy atom. The van der Waals surface area contributed by atoms with Crippen LogP contribution in [0.25, 0.3) is 0 Å². The van der Waals surface area contributed by atoms with Gasteiger partial charge in [-0.3, -0.25) is 9.69 Å². The molecule has 0 aromatic heterocycles. The van der Waals surface area contributed by atoms with Crippen LogP contribution in [0, 0.1) is 0 Å². The van der Waals surface area contributed by atoms with Gasteiger partial charge in [0.15, 0.2) is 0 Å². The van der Waals surface area contributed by atoms with Crippen LogP contribution in [0.5, 0.6) is 0 Å². The Morgan fingerprint density at radius 1 is 1.50 bits per heavy atom. The molecule has 0 aromatic rings. The van der Waals surface area contributed by atoms with Crippen molar-refractivity contribution in [1.29, 1.82) is 0 Å². The first-order valence-electron chi connectivity index (χ1n) is 6.48. The van der Waals surface area contributed by atoms with E-state index >= 15 is 0 Å². The summed E-state index contributed by atoms with van der Waals surface area (Å²) in [6.07, 6.45) is 0.217. The SMILES string of the molecule is COC(=O)CCC(O)CNCCN1CCOCC1. The number of carbonyl (C=O) groups is 1. The number of nitrogens with zero attached hydrogens (tertiary/aromatic N) is 1. The molecule has 0 aliphatic carbocycles. The lowest BCUT2D eigenvalue weighted by Crippen LogP contribution is -2.41. The lowest BCUT2D eigenvalue weighted by Gasteiger charge is -2.26. The van der Waals surface area contributed by atoms with Crippen LogP contribution in [0.3, 0.4) is 0 Å². The van der Waals surface area contributed by atoms with Gasteiger partial charge in [-0.2, -0.15) is 0 Å². The van der Waals surface area contributed by atoms with Crippen molar-refractivity contribution >= 4 is 5.97 Å². The Labute approximate surface area is 108 Å². The van der Waals surface area contributed by atoms with Gasteiger partial charge in [0.05, 0.1) is 26.4 Å². The van der Waals surface area contributed by atoms with Crippen molar-refractivity contribution < 1.29 is 19.4 Å². The van der Waals surface area contributed by atoms with E-state index in [9.17, 15) is 9.90 Å². The van der Waals surface area contributed by atoms with Gasteiger partial charge in [-0.1, -0.05) is 0 Å². The second-order valence-electron chi connectivity index (χ2n) is 4.43. The monoisotopic (exact) mass is 260 g/mol. The lowest BCUT2D eigenvalue weighted by atomic mass is 10.2. The molecule has 6 heteroatoms. The smallest absolute Gasteiger partial charge is 0.305 e. The Morgan fingerprint density at radius 3 is 2.89 bits per heavy atom. The standard InChI is InChI=1S/C12H24N2O4/c1-17-12(16)3-2-11(15)10-13-4-5-14-6-8-18-9-7-14/h11,13,15H,2-10H2,1H3. The molecular formula is C12H24N2O4. The van der Waals surface area contributed by atoms with Crippen molar-refractivity contribution in [2.45, 2.75) is 18.9 Å². The largest absolute Gasteiger partial charge is 0.469 e. The maximum atomic E-state index is 10.9. The van der Waals surface area contributed by atoms with Crippen LogP contribution in [-0.4, -0.2) is 75.1 Å². The molecule has 0 radical (unpaired) electrons. The van der Waals surface area contributed by atoms with Crippen LogP contribution >= 0.6 is 0 Å². The van der Waals surface area contributed by atoms with Gasteiger partial charge in [-0.15, -0.1) is 0 Å². The summed E-state index contributed by atoms with van der Waals surface area (Å²) in [4.78, 5) is 13.2. The highest BCUT2D eigenvalue weighted by atomic mass is 16.5. The third kappa shape index (κ3) is 6.90. The normalized spacial score (nSPS) is 18.6. The second-order valence-corrected chi connectivity index (χ2v) is 4.43. The zero-order valence-electron chi connectivity index (χ0n) is 11.1. The van der Waals surface area contributed by atoms with E-state index in [1.807, 2.05) is 0 Å². The van der Waals surface area contributed by atoms with Crippen molar-refractivity contribution in [2.75, 3.05) is 53.0 Å². The fourth-order valence-corrected chi connectivity index (χ4v) is 1.82. The second kappa shape index (κ2) is 9.27. The van der Waals surface area contributed by atoms with E-state index in [1.165, 1.54) is 7.11 Å². The van der Waals surface area contributed by atoms with E-state index in [4.69, 9.17) is 4.74 Å². The molecule has 2 N–H and O–H groups in total. The molecule has 1 heterocycles. The summed E-state index contributed by atoms with van der Waals surface area (Å²) in [6, 6.07) is 0. The maximum Gasteiger partial charge on any atom is 0.305 e. The van der Waals surface area contributed by atoms with Gasteiger partial charge in [-0.25, -0.2) is 0 Å². The number of rotatable bonds is 8. The minimum absolute atomic E-state index is 0.267. The summed E-state index contributed by atoms with van der Waals surface area (Å²) in [7, 11) is 1.36. The zero-order chi connectivity index (χ0) is 13.2. The highest BCUT2D eigenvalue weighted by Crippen LogP contribution is 1.98. The number of carbonyl (C=O) groups excluding carboxylic acids is 1. The van der Waals surface area contributed by atoms with Gasteiger partial charge in [0.25, 0.3) is 0 Å². The fourth-order valence-electron chi connectivity index (χ4n) is 1.82. The van der Waals surface area contributed by atoms with Gasteiger partial charge in [-0.05, 0) is 6.42 Å². The minimum Gasteiger partial charge on any atom is -0.469 e. The first-order valence-corrected chi connectivity index (χ1v) is 6.48. The fraction of sp³-hybridized carbons (Fsp3) is 0.917. The maximum absolute atomic E-state index is 10.9. The molecule has 1 aliphatic heterocycles. The molecule has 1 rings (SSSR count). The van der Waals surface area contributed by atoms with Gasteiger partial charge >= 0.3 is 5.97 Å². The summed E-state index contributed by atoms with van der Waals surface area (Å²) < 4.78 is 9.78. The number of aliphatic hydroxyl groups excluding tert-OH is 1. The summed E-state index contributed by atoms with van der Waals surface area (Å²) in [6.45, 7) is 5.90. The number of nitrogens with one attached hydrogen (secondary N) is 1. The molecule has 1 unspecified atom stereocenters. The highest BCUT2D eigenvalue weighted by molar-refractivity contribution is 5.69. The molecular weight excluding hydrogens is 236 g/mol. The summed E-state index contributed by atoms with van der Waals surface area (Å²) in [5.74, 6) is -0.276. The van der Waals surface area contributed by atoms with Gasteiger partial charge in [0.1, 0.15) is 0 Å². The van der Waals surface area contributed by atoms with E-state index in [-0.39, 0.29) is 12.4 Å². The van der Waals surface area contributed by atoms with Crippen molar-refractivity contribution in [1.82, 2.24) is 10.2 Å². The number of methoxy groups -OCH3 is 1. The summed E-state index contributed by atoms with van der Waals surface area (Å²) in [5.41, 5.74) is 0. The van der Waals surface area contributed by atoms with Crippen molar-refractivity contribution in [3.8, 4) is 0 Å². The van der Waals surface area contributed by atoms with Crippen LogP contribution in [0.2, 0.25) is 0 Å². The van der Waals surface area contributed by atoms with E-state index in [0.717, 1.165) is 39.4 Å². The Kier molecular flexibility index (Phi) is 7.91. The van der Waals surface area contributed by atoms with Gasteiger partial charge in [0.2, 0.25) is 0 Å². The van der Waals surface area contributed by atoms with Crippen LogP contribution in [-0.2, 0) is 14.3 Å².